The van der Waals surface area contributed by atoms with Crippen LogP contribution in [-0.4, -0.2) is 22.3 Å². The Bertz CT molecular complexity index is 354. The molecule has 0 bridgehead atoms. The van der Waals surface area contributed by atoms with E-state index in [4.69, 9.17) is 11.6 Å². The number of hydrogen-bond acceptors (Lipinski definition) is 4. The summed E-state index contributed by atoms with van der Waals surface area (Å²) in [6, 6.07) is 0.0136. The molecule has 0 spiro atoms. The quantitative estimate of drug-likeness (QED) is 0.470. The number of rotatable bonds is 4. The van der Waals surface area contributed by atoms with Crippen molar-refractivity contribution >= 4 is 23.7 Å². The Kier molecular flexibility index (Phi) is 3.59. The van der Waals surface area contributed by atoms with Crippen LogP contribution in [-0.2, 0) is 0 Å². The fourth-order valence-electron chi connectivity index (χ4n) is 0.868. The van der Waals surface area contributed by atoms with Crippen LogP contribution in [0, 0.1) is 0 Å². The van der Waals surface area contributed by atoms with Crippen LogP contribution < -0.4 is 5.32 Å². The molecule has 0 radical (unpaired) electrons. The third kappa shape index (κ3) is 2.29. The lowest BCUT2D eigenvalue weighted by Gasteiger charge is -2.11. The minimum absolute atomic E-state index is 0.0136. The highest BCUT2D eigenvalue weighted by Gasteiger charge is 2.09. The van der Waals surface area contributed by atoms with Gasteiger partial charge in [0.1, 0.15) is 17.3 Å². The standard InChI is InChI=1S/C9H10ClN3O/c1-3-6(2)13-9-7(4-14)8(10)11-5-12-9/h3-6H,1H2,2H3,(H,11,12,13). The van der Waals surface area contributed by atoms with Crippen LogP contribution >= 0.6 is 11.6 Å². The first kappa shape index (κ1) is 10.7. The van der Waals surface area contributed by atoms with Crippen LogP contribution in [0.15, 0.2) is 19.0 Å². The molecule has 4 nitrogen and oxygen atoms in total. The molecule has 1 N–H and O–H groups in total. The summed E-state index contributed by atoms with van der Waals surface area (Å²) in [6.07, 6.45) is 3.62. The van der Waals surface area contributed by atoms with Crippen molar-refractivity contribution in [2.24, 2.45) is 0 Å². The molecule has 1 aromatic heterocycles. The second-order valence-corrected chi connectivity index (χ2v) is 3.07. The summed E-state index contributed by atoms with van der Waals surface area (Å²) in [7, 11) is 0. The molecule has 0 aromatic carbocycles. The van der Waals surface area contributed by atoms with Crippen LogP contribution in [0.3, 0.4) is 0 Å². The monoisotopic (exact) mass is 211 g/mol. The van der Waals surface area contributed by atoms with Gasteiger partial charge in [-0.15, -0.1) is 6.58 Å². The first-order valence-electron chi connectivity index (χ1n) is 4.03. The highest BCUT2D eigenvalue weighted by molar-refractivity contribution is 6.32. The average molecular weight is 212 g/mol. The predicted octanol–water partition coefficient (Wildman–Crippen LogP) is 1.93. The van der Waals surface area contributed by atoms with Gasteiger partial charge in [-0.25, -0.2) is 9.97 Å². The van der Waals surface area contributed by atoms with E-state index < -0.39 is 0 Å². The Labute approximate surface area is 87.0 Å². The maximum absolute atomic E-state index is 10.7. The maximum atomic E-state index is 10.7. The van der Waals surface area contributed by atoms with Gasteiger partial charge in [0, 0.05) is 6.04 Å². The molecule has 5 heteroatoms. The predicted molar refractivity (Wildman–Crippen MR) is 55.7 cm³/mol. The van der Waals surface area contributed by atoms with Crippen LogP contribution in [0.25, 0.3) is 0 Å². The van der Waals surface area contributed by atoms with Crippen LogP contribution in [0.1, 0.15) is 17.3 Å². The van der Waals surface area contributed by atoms with E-state index in [-0.39, 0.29) is 16.8 Å². The Morgan fingerprint density at radius 2 is 2.36 bits per heavy atom. The molecule has 1 aromatic rings. The smallest absolute Gasteiger partial charge is 0.156 e. The van der Waals surface area contributed by atoms with E-state index in [1.54, 1.807) is 6.08 Å². The molecule has 1 unspecified atom stereocenters. The molecular weight excluding hydrogens is 202 g/mol. The van der Waals surface area contributed by atoms with Crippen molar-refractivity contribution in [1.82, 2.24) is 9.97 Å². The van der Waals surface area contributed by atoms with E-state index in [1.807, 2.05) is 6.92 Å². The normalized spacial score (nSPS) is 11.9. The molecule has 0 saturated carbocycles. The number of halogens is 1. The lowest BCUT2D eigenvalue weighted by Crippen LogP contribution is -2.14. The second-order valence-electron chi connectivity index (χ2n) is 2.71. The van der Waals surface area contributed by atoms with Crippen LogP contribution in [0.4, 0.5) is 5.82 Å². The summed E-state index contributed by atoms with van der Waals surface area (Å²) in [5, 5.41) is 3.11. The summed E-state index contributed by atoms with van der Waals surface area (Å²) in [5.74, 6) is 0.424. The number of anilines is 1. The number of aldehydes is 1. The molecule has 0 aliphatic carbocycles. The number of carbonyl (C=O) groups is 1. The summed E-state index contributed by atoms with van der Waals surface area (Å²) >= 11 is 5.71. The zero-order chi connectivity index (χ0) is 10.6. The molecule has 1 heterocycles. The van der Waals surface area contributed by atoms with E-state index in [2.05, 4.69) is 21.9 Å². The topological polar surface area (TPSA) is 54.9 Å². The molecule has 1 atom stereocenters. The molecule has 14 heavy (non-hydrogen) atoms. The zero-order valence-electron chi connectivity index (χ0n) is 7.70. The minimum atomic E-state index is 0.0136. The van der Waals surface area contributed by atoms with Crippen molar-refractivity contribution < 1.29 is 4.79 Å². The zero-order valence-corrected chi connectivity index (χ0v) is 8.45. The Morgan fingerprint density at radius 3 is 2.93 bits per heavy atom. The van der Waals surface area contributed by atoms with Gasteiger partial charge in [0.05, 0.1) is 5.56 Å². The van der Waals surface area contributed by atoms with Crippen molar-refractivity contribution in [3.8, 4) is 0 Å². The molecular formula is C9H10ClN3O. The molecule has 74 valence electrons. The lowest BCUT2D eigenvalue weighted by atomic mass is 10.3. The summed E-state index contributed by atoms with van der Waals surface area (Å²) < 4.78 is 0. The van der Waals surface area contributed by atoms with Gasteiger partial charge in [0.2, 0.25) is 0 Å². The van der Waals surface area contributed by atoms with Gasteiger partial charge in [-0.2, -0.15) is 0 Å². The van der Waals surface area contributed by atoms with E-state index in [9.17, 15) is 4.79 Å². The van der Waals surface area contributed by atoms with E-state index >= 15 is 0 Å². The van der Waals surface area contributed by atoms with Gasteiger partial charge in [-0.1, -0.05) is 17.7 Å². The number of aromatic nitrogens is 2. The van der Waals surface area contributed by atoms with Crippen molar-refractivity contribution in [3.63, 3.8) is 0 Å². The van der Waals surface area contributed by atoms with Crippen LogP contribution in [0.2, 0.25) is 5.15 Å². The van der Waals surface area contributed by atoms with Gasteiger partial charge in [-0.3, -0.25) is 4.79 Å². The van der Waals surface area contributed by atoms with Crippen molar-refractivity contribution in [2.75, 3.05) is 5.32 Å². The van der Waals surface area contributed by atoms with Gasteiger partial charge in [0.25, 0.3) is 0 Å². The third-order valence-corrected chi connectivity index (χ3v) is 1.97. The van der Waals surface area contributed by atoms with E-state index in [1.165, 1.54) is 6.33 Å². The summed E-state index contributed by atoms with van der Waals surface area (Å²) in [4.78, 5) is 18.3. The number of hydrogen-bond donors (Lipinski definition) is 1. The first-order valence-corrected chi connectivity index (χ1v) is 4.41. The fraction of sp³-hybridized carbons (Fsp3) is 0.222. The van der Waals surface area contributed by atoms with Gasteiger partial charge >= 0.3 is 0 Å². The highest BCUT2D eigenvalue weighted by Crippen LogP contribution is 2.17. The lowest BCUT2D eigenvalue weighted by molar-refractivity contribution is 0.112. The third-order valence-electron chi connectivity index (χ3n) is 1.67. The Morgan fingerprint density at radius 1 is 1.64 bits per heavy atom. The first-order chi connectivity index (χ1) is 6.69. The van der Waals surface area contributed by atoms with Gasteiger partial charge < -0.3 is 5.32 Å². The molecule has 0 amide bonds. The number of nitrogens with zero attached hydrogens (tertiary/aromatic N) is 2. The van der Waals surface area contributed by atoms with E-state index in [0.717, 1.165) is 0 Å². The molecule has 0 aliphatic heterocycles. The largest absolute Gasteiger partial charge is 0.363 e. The Balaban J connectivity index is 3.01. The fourth-order valence-corrected chi connectivity index (χ4v) is 1.05. The summed E-state index contributed by atoms with van der Waals surface area (Å²) in [5.41, 5.74) is 0.267. The highest BCUT2D eigenvalue weighted by atomic mass is 35.5. The van der Waals surface area contributed by atoms with Gasteiger partial charge in [-0.05, 0) is 6.92 Å². The SMILES string of the molecule is C=CC(C)Nc1ncnc(Cl)c1C=O. The molecule has 0 saturated heterocycles. The van der Waals surface area contributed by atoms with Crippen molar-refractivity contribution in [1.29, 1.82) is 0 Å². The van der Waals surface area contributed by atoms with E-state index in [0.29, 0.717) is 12.1 Å². The molecule has 0 aliphatic rings. The van der Waals surface area contributed by atoms with Crippen molar-refractivity contribution in [2.45, 2.75) is 13.0 Å². The van der Waals surface area contributed by atoms with Crippen molar-refractivity contribution in [3.05, 3.63) is 29.7 Å². The minimum Gasteiger partial charge on any atom is -0.363 e. The molecule has 1 rings (SSSR count). The number of nitrogens with one attached hydrogen (secondary N) is 1. The second kappa shape index (κ2) is 4.72. The number of carbonyl (C=O) groups excluding carboxylic acids is 1. The Hall–Kier alpha value is -1.42. The average Bonchev–Trinajstić information content (AvgIpc) is 2.18. The van der Waals surface area contributed by atoms with Gasteiger partial charge in [0.15, 0.2) is 6.29 Å². The maximum Gasteiger partial charge on any atom is 0.156 e. The van der Waals surface area contributed by atoms with Crippen LogP contribution in [0.5, 0.6) is 0 Å². The molecule has 0 fully saturated rings. The summed E-state index contributed by atoms with van der Waals surface area (Å²) in [6.45, 7) is 5.49.